The van der Waals surface area contributed by atoms with Crippen LogP contribution in [0.5, 0.6) is 23.1 Å². The molecule has 0 aliphatic carbocycles. The molecular weight excluding hydrogens is 541 g/mol. The summed E-state index contributed by atoms with van der Waals surface area (Å²) in [4.78, 5) is 29.6. The minimum Gasteiger partial charge on any atom is -0.493 e. The molecule has 1 amide bonds. The van der Waals surface area contributed by atoms with Crippen molar-refractivity contribution < 1.29 is 41.7 Å². The van der Waals surface area contributed by atoms with Crippen molar-refractivity contribution in [2.24, 2.45) is 5.92 Å². The fourth-order valence-corrected chi connectivity index (χ4v) is 4.04. The monoisotopic (exact) mass is 570 g/mol. The molecule has 0 atom stereocenters. The van der Waals surface area contributed by atoms with Crippen molar-refractivity contribution in [3.05, 3.63) is 90.6 Å². The van der Waals surface area contributed by atoms with Crippen molar-refractivity contribution in [3.63, 3.8) is 0 Å². The lowest BCUT2D eigenvalue weighted by molar-refractivity contribution is -0.141. The standard InChI is InChI=1S/C30H29F3N2O6/c1-2-17-38-28(36)18-21-3-6-24(7-4-21)39-20-22-13-15-35(16-14-22)29(37)41-26-10-8-25(9-11-26)40-27-12-5-23(19-34-27)30(31,32)33/h2-12,19,22H,1,13-18,20H2. The second-order valence-electron chi connectivity index (χ2n) is 9.36. The van der Waals surface area contributed by atoms with Gasteiger partial charge in [0.1, 0.15) is 23.9 Å². The predicted octanol–water partition coefficient (Wildman–Crippen LogP) is 6.45. The molecule has 0 spiro atoms. The Balaban J connectivity index is 1.17. The van der Waals surface area contributed by atoms with E-state index >= 15 is 0 Å². The van der Waals surface area contributed by atoms with Gasteiger partial charge in [0, 0.05) is 25.4 Å². The number of hydrogen-bond acceptors (Lipinski definition) is 7. The van der Waals surface area contributed by atoms with Crippen LogP contribution in [-0.2, 0) is 22.1 Å². The molecular formula is C30H29F3N2O6. The van der Waals surface area contributed by atoms with Gasteiger partial charge in [-0.25, -0.2) is 9.78 Å². The maximum Gasteiger partial charge on any atom is 0.417 e. The first-order valence-corrected chi connectivity index (χ1v) is 13.0. The van der Waals surface area contributed by atoms with Gasteiger partial charge < -0.3 is 23.8 Å². The molecule has 2 heterocycles. The van der Waals surface area contributed by atoms with Gasteiger partial charge in [-0.1, -0.05) is 24.8 Å². The van der Waals surface area contributed by atoms with E-state index in [1.807, 2.05) is 24.3 Å². The zero-order chi connectivity index (χ0) is 29.2. The number of ether oxygens (including phenoxy) is 4. The Kier molecular flexibility index (Phi) is 9.83. The van der Waals surface area contributed by atoms with E-state index in [-0.39, 0.29) is 30.8 Å². The second-order valence-corrected chi connectivity index (χ2v) is 9.36. The fourth-order valence-electron chi connectivity index (χ4n) is 4.04. The first-order valence-electron chi connectivity index (χ1n) is 13.0. The van der Waals surface area contributed by atoms with Gasteiger partial charge >= 0.3 is 18.2 Å². The number of benzene rings is 2. The van der Waals surface area contributed by atoms with Crippen LogP contribution in [0.2, 0.25) is 0 Å². The van der Waals surface area contributed by atoms with Crippen molar-refractivity contribution in [3.8, 4) is 23.1 Å². The average Bonchev–Trinajstić information content (AvgIpc) is 2.97. The van der Waals surface area contributed by atoms with Crippen LogP contribution in [0.4, 0.5) is 18.0 Å². The molecule has 0 radical (unpaired) electrons. The minimum absolute atomic E-state index is 0.00751. The number of likely N-dealkylation sites (tertiary alicyclic amines) is 1. The zero-order valence-electron chi connectivity index (χ0n) is 22.1. The van der Waals surface area contributed by atoms with E-state index < -0.39 is 17.8 Å². The van der Waals surface area contributed by atoms with Gasteiger partial charge in [-0.05, 0) is 66.8 Å². The highest BCUT2D eigenvalue weighted by Crippen LogP contribution is 2.30. The van der Waals surface area contributed by atoms with Gasteiger partial charge in [0.05, 0.1) is 18.6 Å². The maximum atomic E-state index is 12.7. The number of piperidine rings is 1. The number of alkyl halides is 3. The molecule has 3 aromatic rings. The summed E-state index contributed by atoms with van der Waals surface area (Å²) in [6.45, 7) is 5.27. The van der Waals surface area contributed by atoms with Crippen molar-refractivity contribution in [2.75, 3.05) is 26.3 Å². The zero-order valence-corrected chi connectivity index (χ0v) is 22.1. The molecule has 0 bridgehead atoms. The first-order chi connectivity index (χ1) is 19.7. The Morgan fingerprint density at radius 2 is 1.61 bits per heavy atom. The lowest BCUT2D eigenvalue weighted by Crippen LogP contribution is -2.41. The van der Waals surface area contributed by atoms with Crippen LogP contribution >= 0.6 is 0 Å². The Morgan fingerprint density at radius 3 is 2.22 bits per heavy atom. The number of rotatable bonds is 10. The lowest BCUT2D eigenvalue weighted by atomic mass is 9.98. The topological polar surface area (TPSA) is 87.2 Å². The minimum atomic E-state index is -4.47. The number of esters is 1. The molecule has 0 unspecified atom stereocenters. The van der Waals surface area contributed by atoms with Crippen molar-refractivity contribution in [1.29, 1.82) is 0 Å². The van der Waals surface area contributed by atoms with Crippen LogP contribution in [0, 0.1) is 5.92 Å². The van der Waals surface area contributed by atoms with Gasteiger partial charge in [-0.2, -0.15) is 13.2 Å². The van der Waals surface area contributed by atoms with Crippen LogP contribution in [0.1, 0.15) is 24.0 Å². The maximum absolute atomic E-state index is 12.7. The molecule has 41 heavy (non-hydrogen) atoms. The molecule has 2 aromatic carbocycles. The van der Waals surface area contributed by atoms with E-state index in [1.54, 1.807) is 4.90 Å². The van der Waals surface area contributed by atoms with Crippen LogP contribution in [0.15, 0.2) is 79.5 Å². The molecule has 8 nitrogen and oxygen atoms in total. The molecule has 4 rings (SSSR count). The summed E-state index contributed by atoms with van der Waals surface area (Å²) in [5.41, 5.74) is -0.0352. The normalized spacial score (nSPS) is 13.8. The number of amides is 1. The van der Waals surface area contributed by atoms with E-state index in [4.69, 9.17) is 18.9 Å². The molecule has 11 heteroatoms. The Hall–Kier alpha value is -4.54. The Bertz CT molecular complexity index is 1300. The highest BCUT2D eigenvalue weighted by atomic mass is 19.4. The molecule has 1 saturated heterocycles. The number of carbonyl (C=O) groups excluding carboxylic acids is 2. The molecule has 1 aliphatic heterocycles. The number of carbonyl (C=O) groups is 2. The summed E-state index contributed by atoms with van der Waals surface area (Å²) in [7, 11) is 0. The molecule has 0 saturated carbocycles. The quantitative estimate of drug-likeness (QED) is 0.204. The van der Waals surface area contributed by atoms with Crippen molar-refractivity contribution in [1.82, 2.24) is 9.88 Å². The second kappa shape index (κ2) is 13.7. The van der Waals surface area contributed by atoms with Crippen LogP contribution < -0.4 is 14.2 Å². The van der Waals surface area contributed by atoms with Crippen molar-refractivity contribution in [2.45, 2.75) is 25.4 Å². The molecule has 1 aliphatic rings. The number of pyridine rings is 1. The third kappa shape index (κ3) is 8.99. The van der Waals surface area contributed by atoms with E-state index in [1.165, 1.54) is 30.3 Å². The first kappa shape index (κ1) is 29.4. The van der Waals surface area contributed by atoms with Gasteiger partial charge in [-0.3, -0.25) is 4.79 Å². The highest BCUT2D eigenvalue weighted by molar-refractivity contribution is 5.72. The number of aromatic nitrogens is 1. The average molecular weight is 571 g/mol. The molecule has 216 valence electrons. The molecule has 1 aromatic heterocycles. The predicted molar refractivity (Wildman–Crippen MR) is 143 cm³/mol. The molecule has 0 N–H and O–H groups in total. The largest absolute Gasteiger partial charge is 0.493 e. The van der Waals surface area contributed by atoms with Gasteiger partial charge in [-0.15, -0.1) is 0 Å². The Labute approximate surface area is 235 Å². The van der Waals surface area contributed by atoms with Gasteiger partial charge in [0.2, 0.25) is 5.88 Å². The summed E-state index contributed by atoms with van der Waals surface area (Å²) in [5, 5.41) is 0. The Morgan fingerprint density at radius 1 is 0.951 bits per heavy atom. The summed E-state index contributed by atoms with van der Waals surface area (Å²) >= 11 is 0. The summed E-state index contributed by atoms with van der Waals surface area (Å²) in [6, 6.07) is 15.5. The van der Waals surface area contributed by atoms with Crippen LogP contribution in [0.3, 0.4) is 0 Å². The lowest BCUT2D eigenvalue weighted by Gasteiger charge is -2.31. The highest BCUT2D eigenvalue weighted by Gasteiger charge is 2.30. The number of hydrogen-bond donors (Lipinski definition) is 0. The number of halogens is 3. The van der Waals surface area contributed by atoms with E-state index in [0.29, 0.717) is 43.1 Å². The summed E-state index contributed by atoms with van der Waals surface area (Å²) in [6.07, 6.45) is -1.02. The van der Waals surface area contributed by atoms with Crippen LogP contribution in [-0.4, -0.2) is 48.2 Å². The fraction of sp³-hybridized carbons (Fsp3) is 0.300. The van der Waals surface area contributed by atoms with Gasteiger partial charge in [0.25, 0.3) is 0 Å². The SMILES string of the molecule is C=CCOC(=O)Cc1ccc(OCC2CCN(C(=O)Oc3ccc(Oc4ccc(C(F)(F)F)cn4)cc3)CC2)cc1. The van der Waals surface area contributed by atoms with Crippen molar-refractivity contribution >= 4 is 12.1 Å². The van der Waals surface area contributed by atoms with E-state index in [2.05, 4.69) is 11.6 Å². The van der Waals surface area contributed by atoms with Gasteiger partial charge in [0.15, 0.2) is 0 Å². The smallest absolute Gasteiger partial charge is 0.417 e. The summed E-state index contributed by atoms with van der Waals surface area (Å²) < 4.78 is 59.8. The van der Waals surface area contributed by atoms with E-state index in [0.717, 1.165) is 30.5 Å². The number of nitrogens with zero attached hydrogens (tertiary/aromatic N) is 2. The van der Waals surface area contributed by atoms with E-state index in [9.17, 15) is 22.8 Å². The third-order valence-electron chi connectivity index (χ3n) is 6.31. The molecule has 1 fully saturated rings. The third-order valence-corrected chi connectivity index (χ3v) is 6.31. The summed E-state index contributed by atoms with van der Waals surface area (Å²) in [5.74, 6) is 1.32. The van der Waals surface area contributed by atoms with Crippen LogP contribution in [0.25, 0.3) is 0 Å².